The summed E-state index contributed by atoms with van der Waals surface area (Å²) in [4.78, 5) is 11.2. The van der Waals surface area contributed by atoms with Gasteiger partial charge in [0.25, 0.3) is 0 Å². The molecule has 0 saturated heterocycles. The Labute approximate surface area is 495 Å². The molecule has 4 heterocycles. The zero-order chi connectivity index (χ0) is 56.6. The zero-order valence-electron chi connectivity index (χ0n) is 49.8. The minimum absolute atomic E-state index is 0. The van der Waals surface area contributed by atoms with E-state index in [1.165, 1.54) is 48.3 Å². The van der Waals surface area contributed by atoms with Gasteiger partial charge in [-0.1, -0.05) is 242 Å². The van der Waals surface area contributed by atoms with Crippen LogP contribution in [-0.4, -0.2) is 32.3 Å². The number of phenols is 1. The van der Waals surface area contributed by atoms with Gasteiger partial charge in [0.2, 0.25) is 0 Å². The minimum Gasteiger partial charge on any atom is -0.507 e. The van der Waals surface area contributed by atoms with Crippen LogP contribution in [0, 0.1) is 6.07 Å². The predicted molar refractivity (Wildman–Crippen MR) is 341 cm³/mol. The number of benzene rings is 8. The maximum atomic E-state index is 12.7. The molecule has 0 amide bonds. The van der Waals surface area contributed by atoms with Crippen molar-refractivity contribution in [3.8, 4) is 50.9 Å². The third-order valence-electron chi connectivity index (χ3n) is 17.1. The molecule has 0 spiro atoms. The van der Waals surface area contributed by atoms with Crippen LogP contribution in [0.2, 0.25) is 0 Å². The first-order chi connectivity index (χ1) is 37.8. The summed E-state index contributed by atoms with van der Waals surface area (Å²) < 4.78 is 4.71. The van der Waals surface area contributed by atoms with E-state index in [0.29, 0.717) is 11.4 Å². The molecular formula is C74H75N4OPtSi-. The van der Waals surface area contributed by atoms with Crippen molar-refractivity contribution in [2.24, 2.45) is 0 Å². The molecule has 1 N–H and O–H groups in total. The Morgan fingerprint density at radius 3 is 1.65 bits per heavy atom. The van der Waals surface area contributed by atoms with E-state index in [-0.39, 0.29) is 53.9 Å². The molecule has 0 bridgehead atoms. The van der Waals surface area contributed by atoms with Gasteiger partial charge in [0.15, 0.2) is 8.07 Å². The average molecular weight is 1260 g/mol. The van der Waals surface area contributed by atoms with Gasteiger partial charge in [-0.25, -0.2) is 9.97 Å². The van der Waals surface area contributed by atoms with Crippen molar-refractivity contribution in [2.75, 3.05) is 0 Å². The quantitative estimate of drug-likeness (QED) is 0.133. The predicted octanol–water partition coefficient (Wildman–Crippen LogP) is 16.2. The van der Waals surface area contributed by atoms with Crippen molar-refractivity contribution in [3.05, 3.63) is 210 Å². The molecule has 81 heavy (non-hydrogen) atoms. The van der Waals surface area contributed by atoms with Crippen LogP contribution in [-0.2, 0) is 48.1 Å². The van der Waals surface area contributed by atoms with E-state index in [1.807, 2.05) is 6.20 Å². The summed E-state index contributed by atoms with van der Waals surface area (Å²) in [6, 6.07) is 67.6. The second kappa shape index (κ2) is 19.5. The molecule has 1 aliphatic heterocycles. The van der Waals surface area contributed by atoms with Gasteiger partial charge < -0.3 is 9.67 Å². The fourth-order valence-electron chi connectivity index (χ4n) is 12.5. The molecule has 0 saturated carbocycles. The van der Waals surface area contributed by atoms with Crippen molar-refractivity contribution < 1.29 is 26.2 Å². The number of imidazole rings is 1. The Balaban J connectivity index is 0.00000690. The van der Waals surface area contributed by atoms with Crippen LogP contribution in [0.5, 0.6) is 5.75 Å². The molecule has 1 aliphatic rings. The van der Waals surface area contributed by atoms with E-state index >= 15 is 0 Å². The molecule has 12 rings (SSSR count). The molecule has 8 aromatic carbocycles. The van der Waals surface area contributed by atoms with Crippen LogP contribution >= 0.6 is 0 Å². The standard InChI is InChI=1S/C74H75N4OSi.Pt/c1-70(2,3)48-30-35-52(36-31-48)80(53-37-32-49(33-38-53)71(4,5)6)63-27-20-25-56-55-39-29-47(42-62(55)78(66(56)63)69-64(80)28-21-41-75-69)54-24-19-26-61-65(54)76-68(58-44-51(73(10,11)12)45-59(67(58)79)74(13,14)15)77(61)60-40-34-50(72(7,8)9)43-57(60)46-22-17-16-18-23-46;/h16-41,43-45,79H,1-15H3;/q-1;. The fraction of sp³-hybridized carbons (Fsp3) is 0.270. The Bertz CT molecular complexity index is 4190. The van der Waals surface area contributed by atoms with Gasteiger partial charge in [0, 0.05) is 43.9 Å². The van der Waals surface area contributed by atoms with E-state index in [1.54, 1.807) is 0 Å². The number of aromatic hydroxyl groups is 1. The summed E-state index contributed by atoms with van der Waals surface area (Å²) in [6.45, 7) is 33.8. The van der Waals surface area contributed by atoms with E-state index < -0.39 is 8.07 Å². The van der Waals surface area contributed by atoms with Crippen LogP contribution in [0.25, 0.3) is 78.0 Å². The summed E-state index contributed by atoms with van der Waals surface area (Å²) in [5.74, 6) is 1.88. The van der Waals surface area contributed by atoms with Crippen molar-refractivity contribution in [1.82, 2.24) is 19.1 Å². The van der Waals surface area contributed by atoms with Gasteiger partial charge in [-0.05, 0) is 117 Å². The summed E-state index contributed by atoms with van der Waals surface area (Å²) in [6.07, 6.45) is 1.96. The maximum absolute atomic E-state index is 12.7. The van der Waals surface area contributed by atoms with Gasteiger partial charge in [-0.15, -0.1) is 23.8 Å². The molecular weight excluding hydrogens is 1180 g/mol. The molecule has 0 aliphatic carbocycles. The molecule has 0 fully saturated rings. The first kappa shape index (κ1) is 55.8. The van der Waals surface area contributed by atoms with Gasteiger partial charge >= 0.3 is 0 Å². The number of aromatic nitrogens is 4. The summed E-state index contributed by atoms with van der Waals surface area (Å²) >= 11 is 0. The van der Waals surface area contributed by atoms with Crippen molar-refractivity contribution >= 4 is 61.7 Å². The number of pyridine rings is 1. The molecule has 0 atom stereocenters. The van der Waals surface area contributed by atoms with Crippen LogP contribution in [0.3, 0.4) is 0 Å². The van der Waals surface area contributed by atoms with Crippen LogP contribution in [0.4, 0.5) is 0 Å². The van der Waals surface area contributed by atoms with Gasteiger partial charge in [-0.3, -0.25) is 4.57 Å². The van der Waals surface area contributed by atoms with Crippen LogP contribution in [0.15, 0.2) is 176 Å². The summed E-state index contributed by atoms with van der Waals surface area (Å²) in [7, 11) is -3.03. The third-order valence-corrected chi connectivity index (χ3v) is 21.9. The Hall–Kier alpha value is -7.11. The zero-order valence-corrected chi connectivity index (χ0v) is 53.1. The van der Waals surface area contributed by atoms with Gasteiger partial charge in [0.05, 0.1) is 22.3 Å². The molecule has 5 nitrogen and oxygen atoms in total. The van der Waals surface area contributed by atoms with Gasteiger partial charge in [-0.2, -0.15) is 0 Å². The SMILES string of the molecule is CC(C)(C)c1ccc([Si]2(c3ccc(C(C)(C)C)cc3)c3cccnc3-n3c4[c-]c(-c5cccc6c5nc(-c5cc(C(C)(C)C)cc(C(C)(C)C)c5O)n6-c5ccc(C(C)(C)C)cc5-c5ccccc5)ccc4c4cccc2c43)cc1.[Pt]. The summed E-state index contributed by atoms with van der Waals surface area (Å²) in [5.41, 5.74) is 15.0. The normalized spacial score (nSPS) is 13.7. The molecule has 7 heteroatoms. The van der Waals surface area contributed by atoms with Crippen molar-refractivity contribution in [2.45, 2.75) is 131 Å². The molecule has 11 aromatic rings. The first-order valence-corrected chi connectivity index (χ1v) is 30.5. The Morgan fingerprint density at radius 2 is 1.05 bits per heavy atom. The summed E-state index contributed by atoms with van der Waals surface area (Å²) in [5, 5.41) is 20.3. The number of hydrogen-bond acceptors (Lipinski definition) is 3. The van der Waals surface area contributed by atoms with E-state index in [2.05, 4.69) is 289 Å². The van der Waals surface area contributed by atoms with Gasteiger partial charge in [0.1, 0.15) is 17.4 Å². The Morgan fingerprint density at radius 1 is 0.469 bits per heavy atom. The van der Waals surface area contributed by atoms with Crippen molar-refractivity contribution in [1.29, 1.82) is 0 Å². The molecule has 412 valence electrons. The first-order valence-electron chi connectivity index (χ1n) is 28.5. The number of hydrogen-bond donors (Lipinski definition) is 1. The number of nitrogens with zero attached hydrogens (tertiary/aromatic N) is 4. The fourth-order valence-corrected chi connectivity index (χ4v) is 17.5. The largest absolute Gasteiger partial charge is 0.507 e. The average Bonchev–Trinajstić information content (AvgIpc) is 4.20. The molecule has 0 unspecified atom stereocenters. The second-order valence-electron chi connectivity index (χ2n) is 27.7. The topological polar surface area (TPSA) is 55.9 Å². The number of fused-ring (bicyclic) bond motifs is 6. The van der Waals surface area contributed by atoms with Crippen LogP contribution in [0.1, 0.15) is 132 Å². The molecule has 0 radical (unpaired) electrons. The molecule has 3 aromatic heterocycles. The maximum Gasteiger partial charge on any atom is 0.186 e. The number of para-hydroxylation sites is 2. The van der Waals surface area contributed by atoms with Crippen LogP contribution < -0.4 is 20.7 Å². The van der Waals surface area contributed by atoms with E-state index in [0.717, 1.165) is 66.8 Å². The third kappa shape index (κ3) is 9.17. The van der Waals surface area contributed by atoms with E-state index in [4.69, 9.17) is 9.97 Å². The number of phenolic OH excluding ortho intramolecular Hbond substituents is 1. The second-order valence-corrected chi connectivity index (χ2v) is 31.4. The monoisotopic (exact) mass is 1260 g/mol. The number of rotatable bonds is 6. The Kier molecular flexibility index (Phi) is 13.4. The van der Waals surface area contributed by atoms with E-state index in [9.17, 15) is 5.11 Å². The smallest absolute Gasteiger partial charge is 0.186 e. The van der Waals surface area contributed by atoms with Crippen molar-refractivity contribution in [3.63, 3.8) is 0 Å². The minimum atomic E-state index is -3.03.